The standard InChI is InChI=1S/C19H14Cl2N2O2/c20-13-6-7-19(16(21)10-13)25-12-18(24)15-11-23(9-3-8-22)17-5-2-1-4-14(15)17/h1-2,4-7,10-11H,3,9,12H2. The minimum Gasteiger partial charge on any atom is -0.484 e. The van der Waals surface area contributed by atoms with Crippen LogP contribution < -0.4 is 4.74 Å². The summed E-state index contributed by atoms with van der Waals surface area (Å²) in [6.07, 6.45) is 2.15. The number of aromatic nitrogens is 1. The normalized spacial score (nSPS) is 10.6. The quantitative estimate of drug-likeness (QED) is 0.564. The van der Waals surface area contributed by atoms with E-state index in [4.69, 9.17) is 33.2 Å². The van der Waals surface area contributed by atoms with Gasteiger partial charge in [0.1, 0.15) is 5.75 Å². The van der Waals surface area contributed by atoms with Gasteiger partial charge in [0.2, 0.25) is 5.78 Å². The van der Waals surface area contributed by atoms with Gasteiger partial charge in [0.05, 0.1) is 17.5 Å². The van der Waals surface area contributed by atoms with Crippen LogP contribution in [0.5, 0.6) is 5.75 Å². The lowest BCUT2D eigenvalue weighted by Gasteiger charge is -2.07. The van der Waals surface area contributed by atoms with Crippen molar-refractivity contribution in [3.05, 3.63) is 64.3 Å². The first-order valence-electron chi connectivity index (χ1n) is 7.66. The molecule has 0 fully saturated rings. The van der Waals surface area contributed by atoms with Crippen LogP contribution in [0.3, 0.4) is 0 Å². The molecule has 1 heterocycles. The van der Waals surface area contributed by atoms with Gasteiger partial charge in [-0.1, -0.05) is 41.4 Å². The molecule has 6 heteroatoms. The van der Waals surface area contributed by atoms with Crippen LogP contribution in [0.4, 0.5) is 0 Å². The zero-order valence-corrected chi connectivity index (χ0v) is 14.7. The molecule has 126 valence electrons. The number of fused-ring (bicyclic) bond motifs is 1. The average molecular weight is 373 g/mol. The van der Waals surface area contributed by atoms with E-state index in [1.54, 1.807) is 24.4 Å². The summed E-state index contributed by atoms with van der Waals surface area (Å²) in [5.74, 6) is 0.255. The number of para-hydroxylation sites is 1. The van der Waals surface area contributed by atoms with Crippen molar-refractivity contribution in [2.75, 3.05) is 6.61 Å². The summed E-state index contributed by atoms with van der Waals surface area (Å²) in [6, 6.07) is 14.6. The van der Waals surface area contributed by atoms with Crippen LogP contribution in [0.15, 0.2) is 48.7 Å². The molecule has 0 unspecified atom stereocenters. The fraction of sp³-hybridized carbons (Fsp3) is 0.158. The lowest BCUT2D eigenvalue weighted by atomic mass is 10.1. The minimum absolute atomic E-state index is 0.131. The molecular formula is C19H14Cl2N2O2. The lowest BCUT2D eigenvalue weighted by molar-refractivity contribution is 0.0923. The predicted octanol–water partition coefficient (Wildman–Crippen LogP) is 5.12. The van der Waals surface area contributed by atoms with Gasteiger partial charge in [0.25, 0.3) is 0 Å². The number of nitriles is 1. The molecular weight excluding hydrogens is 359 g/mol. The molecule has 25 heavy (non-hydrogen) atoms. The summed E-state index contributed by atoms with van der Waals surface area (Å²) in [6.45, 7) is 0.405. The van der Waals surface area contributed by atoms with Crippen LogP contribution in [-0.2, 0) is 6.54 Å². The Hall–Kier alpha value is -2.48. The van der Waals surface area contributed by atoms with Crippen molar-refractivity contribution >= 4 is 39.9 Å². The fourth-order valence-electron chi connectivity index (χ4n) is 2.64. The van der Waals surface area contributed by atoms with Crippen LogP contribution in [0.1, 0.15) is 16.8 Å². The van der Waals surface area contributed by atoms with Gasteiger partial charge < -0.3 is 9.30 Å². The summed E-state index contributed by atoms with van der Waals surface area (Å²) in [5, 5.41) is 10.5. The Kier molecular flexibility index (Phi) is 5.28. The van der Waals surface area contributed by atoms with Gasteiger partial charge in [-0.05, 0) is 24.3 Å². The number of halogens is 2. The van der Waals surface area contributed by atoms with E-state index in [1.165, 1.54) is 0 Å². The van der Waals surface area contributed by atoms with Crippen LogP contribution >= 0.6 is 23.2 Å². The second kappa shape index (κ2) is 7.60. The molecule has 0 N–H and O–H groups in total. The van der Waals surface area contributed by atoms with E-state index in [1.807, 2.05) is 28.8 Å². The second-order valence-corrected chi connectivity index (χ2v) is 6.29. The third-order valence-corrected chi connectivity index (χ3v) is 4.34. The number of hydrogen-bond donors (Lipinski definition) is 0. The Morgan fingerprint density at radius 3 is 2.76 bits per heavy atom. The number of rotatable bonds is 6. The zero-order valence-electron chi connectivity index (χ0n) is 13.2. The summed E-state index contributed by atoms with van der Waals surface area (Å²) in [5.41, 5.74) is 1.49. The van der Waals surface area contributed by atoms with Gasteiger partial charge in [0.15, 0.2) is 6.61 Å². The number of nitrogens with zero attached hydrogens (tertiary/aromatic N) is 2. The molecule has 0 radical (unpaired) electrons. The number of hydrogen-bond acceptors (Lipinski definition) is 3. The highest BCUT2D eigenvalue weighted by molar-refractivity contribution is 6.35. The summed E-state index contributed by atoms with van der Waals surface area (Å²) < 4.78 is 7.46. The van der Waals surface area contributed by atoms with E-state index in [-0.39, 0.29) is 12.4 Å². The van der Waals surface area contributed by atoms with E-state index in [0.717, 1.165) is 10.9 Å². The largest absolute Gasteiger partial charge is 0.484 e. The van der Waals surface area contributed by atoms with E-state index >= 15 is 0 Å². The Balaban J connectivity index is 1.83. The topological polar surface area (TPSA) is 55.0 Å². The van der Waals surface area contributed by atoms with Crippen LogP contribution in [0.2, 0.25) is 10.0 Å². The molecule has 0 aliphatic rings. The number of carbonyl (C=O) groups excluding carboxylic acids is 1. The zero-order chi connectivity index (χ0) is 17.8. The summed E-state index contributed by atoms with van der Waals surface area (Å²) in [7, 11) is 0. The summed E-state index contributed by atoms with van der Waals surface area (Å²) in [4.78, 5) is 12.6. The van der Waals surface area contributed by atoms with E-state index in [2.05, 4.69) is 6.07 Å². The van der Waals surface area contributed by atoms with Crippen LogP contribution in [0.25, 0.3) is 10.9 Å². The third-order valence-electron chi connectivity index (χ3n) is 3.81. The number of Topliss-reactive ketones (excluding diaryl/α,β-unsaturated/α-hetero) is 1. The van der Waals surface area contributed by atoms with Crippen molar-refractivity contribution in [1.29, 1.82) is 5.26 Å². The molecule has 4 nitrogen and oxygen atoms in total. The number of ketones is 1. The van der Waals surface area contributed by atoms with E-state index < -0.39 is 0 Å². The first-order chi connectivity index (χ1) is 12.1. The minimum atomic E-state index is -0.155. The monoisotopic (exact) mass is 372 g/mol. The molecule has 0 saturated carbocycles. The highest BCUT2D eigenvalue weighted by atomic mass is 35.5. The molecule has 0 atom stereocenters. The molecule has 0 aliphatic carbocycles. The lowest BCUT2D eigenvalue weighted by Crippen LogP contribution is -2.11. The SMILES string of the molecule is N#CCCn1cc(C(=O)COc2ccc(Cl)cc2Cl)c2ccccc21. The first-order valence-corrected chi connectivity index (χ1v) is 8.41. The Labute approximate surface area is 155 Å². The maximum atomic E-state index is 12.6. The molecule has 0 amide bonds. The molecule has 3 aromatic rings. The Morgan fingerprint density at radius 1 is 1.20 bits per heavy atom. The van der Waals surface area contributed by atoms with Crippen molar-refractivity contribution in [2.24, 2.45) is 0 Å². The highest BCUT2D eigenvalue weighted by Gasteiger charge is 2.16. The van der Waals surface area contributed by atoms with Crippen molar-refractivity contribution in [1.82, 2.24) is 4.57 Å². The first kappa shape index (κ1) is 17.3. The second-order valence-electron chi connectivity index (χ2n) is 5.45. The maximum Gasteiger partial charge on any atom is 0.202 e. The highest BCUT2D eigenvalue weighted by Crippen LogP contribution is 2.28. The van der Waals surface area contributed by atoms with Gasteiger partial charge in [0, 0.05) is 34.2 Å². The molecule has 3 rings (SSSR count). The van der Waals surface area contributed by atoms with Crippen molar-refractivity contribution in [2.45, 2.75) is 13.0 Å². The van der Waals surface area contributed by atoms with Crippen molar-refractivity contribution < 1.29 is 9.53 Å². The number of aryl methyl sites for hydroxylation is 1. The average Bonchev–Trinajstić information content (AvgIpc) is 2.98. The number of ether oxygens (including phenoxy) is 1. The fourth-order valence-corrected chi connectivity index (χ4v) is 3.10. The molecule has 0 aliphatic heterocycles. The predicted molar refractivity (Wildman–Crippen MR) is 98.5 cm³/mol. The van der Waals surface area contributed by atoms with Crippen LogP contribution in [-0.4, -0.2) is 17.0 Å². The molecule has 0 spiro atoms. The third kappa shape index (κ3) is 3.79. The number of carbonyl (C=O) groups is 1. The van der Waals surface area contributed by atoms with E-state index in [9.17, 15) is 4.79 Å². The van der Waals surface area contributed by atoms with Crippen LogP contribution in [0, 0.1) is 11.3 Å². The molecule has 2 aromatic carbocycles. The van der Waals surface area contributed by atoms with Gasteiger partial charge in [-0.2, -0.15) is 5.26 Å². The molecule has 0 bridgehead atoms. The number of benzene rings is 2. The maximum absolute atomic E-state index is 12.6. The smallest absolute Gasteiger partial charge is 0.202 e. The van der Waals surface area contributed by atoms with Crippen molar-refractivity contribution in [3.8, 4) is 11.8 Å². The molecule has 1 aromatic heterocycles. The van der Waals surface area contributed by atoms with Gasteiger partial charge in [-0.15, -0.1) is 0 Å². The van der Waals surface area contributed by atoms with Crippen molar-refractivity contribution in [3.63, 3.8) is 0 Å². The Morgan fingerprint density at radius 2 is 2.00 bits per heavy atom. The Bertz CT molecular complexity index is 973. The van der Waals surface area contributed by atoms with Gasteiger partial charge in [-0.3, -0.25) is 4.79 Å². The molecule has 0 saturated heterocycles. The van der Waals surface area contributed by atoms with Gasteiger partial charge >= 0.3 is 0 Å². The van der Waals surface area contributed by atoms with Gasteiger partial charge in [-0.25, -0.2) is 0 Å². The van der Waals surface area contributed by atoms with E-state index in [0.29, 0.717) is 34.3 Å². The summed E-state index contributed by atoms with van der Waals surface area (Å²) >= 11 is 11.9.